The molecule has 1 aliphatic heterocycles. The molecule has 1 amide bonds. The largest absolute Gasteiger partial charge is 0.459 e. The van der Waals surface area contributed by atoms with E-state index in [0.717, 1.165) is 19.3 Å². The number of rotatable bonds is 3. The van der Waals surface area contributed by atoms with Crippen molar-refractivity contribution in [1.82, 2.24) is 9.88 Å². The Kier molecular flexibility index (Phi) is 4.48. The lowest BCUT2D eigenvalue weighted by molar-refractivity contribution is -0.136. The number of carbonyl (C=O) groups excluding carboxylic acids is 1. The van der Waals surface area contributed by atoms with E-state index in [9.17, 15) is 10.1 Å². The SMILES string of the molecule is N#Cc1nc(-c2ccco2)oc1N1CCN(C(=O)C2CC=CCC2)CC1. The van der Waals surface area contributed by atoms with Crippen LogP contribution in [0.1, 0.15) is 25.0 Å². The van der Waals surface area contributed by atoms with Crippen LogP contribution in [0.5, 0.6) is 0 Å². The number of amides is 1. The second-order valence-corrected chi connectivity index (χ2v) is 6.56. The predicted octanol–water partition coefficient (Wildman–Crippen LogP) is 2.81. The van der Waals surface area contributed by atoms with Gasteiger partial charge in [-0.15, -0.1) is 0 Å². The molecule has 2 aliphatic rings. The normalized spacial score (nSPS) is 20.2. The third-order valence-corrected chi connectivity index (χ3v) is 4.94. The highest BCUT2D eigenvalue weighted by molar-refractivity contribution is 5.79. The Bertz CT molecular complexity index is 839. The number of aromatic nitrogens is 1. The summed E-state index contributed by atoms with van der Waals surface area (Å²) in [7, 11) is 0. The Morgan fingerprint density at radius 2 is 2.12 bits per heavy atom. The molecule has 0 bridgehead atoms. The van der Waals surface area contributed by atoms with Crippen LogP contribution in [0.15, 0.2) is 39.4 Å². The third-order valence-electron chi connectivity index (χ3n) is 4.94. The van der Waals surface area contributed by atoms with E-state index in [1.165, 1.54) is 6.26 Å². The van der Waals surface area contributed by atoms with Crippen LogP contribution < -0.4 is 4.90 Å². The minimum Gasteiger partial charge on any atom is -0.459 e. The van der Waals surface area contributed by atoms with E-state index in [4.69, 9.17) is 8.83 Å². The maximum atomic E-state index is 12.7. The van der Waals surface area contributed by atoms with Crippen LogP contribution >= 0.6 is 0 Å². The number of anilines is 1. The molecule has 1 unspecified atom stereocenters. The van der Waals surface area contributed by atoms with E-state index in [-0.39, 0.29) is 17.5 Å². The minimum absolute atomic E-state index is 0.108. The van der Waals surface area contributed by atoms with Crippen molar-refractivity contribution in [2.24, 2.45) is 5.92 Å². The van der Waals surface area contributed by atoms with E-state index in [2.05, 4.69) is 23.2 Å². The van der Waals surface area contributed by atoms with E-state index in [1.54, 1.807) is 12.1 Å². The monoisotopic (exact) mass is 352 g/mol. The summed E-state index contributed by atoms with van der Waals surface area (Å²) in [6, 6.07) is 5.57. The van der Waals surface area contributed by atoms with Gasteiger partial charge < -0.3 is 18.6 Å². The number of furan rings is 1. The van der Waals surface area contributed by atoms with Crippen molar-refractivity contribution in [2.45, 2.75) is 19.3 Å². The molecule has 0 saturated carbocycles. The number of piperazine rings is 1. The van der Waals surface area contributed by atoms with Gasteiger partial charge in [0, 0.05) is 32.1 Å². The summed E-state index contributed by atoms with van der Waals surface area (Å²) in [4.78, 5) is 20.8. The van der Waals surface area contributed by atoms with Crippen LogP contribution in [0.2, 0.25) is 0 Å². The number of allylic oxidation sites excluding steroid dienone is 2. The highest BCUT2D eigenvalue weighted by Crippen LogP contribution is 2.29. The Morgan fingerprint density at radius 3 is 2.77 bits per heavy atom. The molecule has 7 nitrogen and oxygen atoms in total. The van der Waals surface area contributed by atoms with Gasteiger partial charge in [0.15, 0.2) is 5.76 Å². The van der Waals surface area contributed by atoms with Crippen molar-refractivity contribution in [1.29, 1.82) is 5.26 Å². The maximum Gasteiger partial charge on any atom is 0.266 e. The third kappa shape index (κ3) is 3.10. The molecule has 0 aromatic carbocycles. The zero-order valence-corrected chi connectivity index (χ0v) is 14.4. The lowest BCUT2D eigenvalue weighted by Crippen LogP contribution is -2.50. The fourth-order valence-electron chi connectivity index (χ4n) is 3.51. The van der Waals surface area contributed by atoms with Gasteiger partial charge in [0.2, 0.25) is 17.5 Å². The average molecular weight is 352 g/mol. The Labute approximate surface area is 151 Å². The summed E-state index contributed by atoms with van der Waals surface area (Å²) in [5.41, 5.74) is 0.244. The van der Waals surface area contributed by atoms with Crippen molar-refractivity contribution < 1.29 is 13.6 Å². The average Bonchev–Trinajstić information content (AvgIpc) is 3.37. The molecule has 1 atom stereocenters. The first-order chi connectivity index (χ1) is 12.8. The first kappa shape index (κ1) is 16.5. The van der Waals surface area contributed by atoms with E-state index >= 15 is 0 Å². The molecule has 3 heterocycles. The molecule has 0 N–H and O–H groups in total. The zero-order chi connectivity index (χ0) is 17.9. The van der Waals surface area contributed by atoms with Gasteiger partial charge in [0.05, 0.1) is 6.26 Å². The van der Waals surface area contributed by atoms with Gasteiger partial charge >= 0.3 is 0 Å². The zero-order valence-electron chi connectivity index (χ0n) is 14.4. The Hall–Kier alpha value is -3.01. The molecule has 1 saturated heterocycles. The van der Waals surface area contributed by atoms with Gasteiger partial charge in [0.25, 0.3) is 5.89 Å². The summed E-state index contributed by atoms with van der Waals surface area (Å²) < 4.78 is 11.1. The lowest BCUT2D eigenvalue weighted by Gasteiger charge is -2.36. The smallest absolute Gasteiger partial charge is 0.266 e. The van der Waals surface area contributed by atoms with Crippen molar-refractivity contribution in [3.63, 3.8) is 0 Å². The predicted molar refractivity (Wildman–Crippen MR) is 94.2 cm³/mol. The first-order valence-electron chi connectivity index (χ1n) is 8.90. The highest BCUT2D eigenvalue weighted by atomic mass is 16.4. The van der Waals surface area contributed by atoms with Crippen molar-refractivity contribution in [3.8, 4) is 17.7 Å². The highest BCUT2D eigenvalue weighted by Gasteiger charge is 2.30. The van der Waals surface area contributed by atoms with E-state index < -0.39 is 0 Å². The molecule has 0 radical (unpaired) electrons. The molecule has 134 valence electrons. The van der Waals surface area contributed by atoms with Gasteiger partial charge in [0.1, 0.15) is 6.07 Å². The fourth-order valence-corrected chi connectivity index (χ4v) is 3.51. The van der Waals surface area contributed by atoms with Gasteiger partial charge in [-0.2, -0.15) is 10.2 Å². The van der Waals surface area contributed by atoms with E-state index in [0.29, 0.717) is 43.7 Å². The minimum atomic E-state index is 0.108. The van der Waals surface area contributed by atoms with Crippen LogP contribution in [0.4, 0.5) is 5.88 Å². The summed E-state index contributed by atoms with van der Waals surface area (Å²) in [6.45, 7) is 2.49. The summed E-state index contributed by atoms with van der Waals surface area (Å²) in [5.74, 6) is 1.59. The van der Waals surface area contributed by atoms with Gasteiger partial charge in [-0.3, -0.25) is 4.79 Å². The van der Waals surface area contributed by atoms with Crippen molar-refractivity contribution in [2.75, 3.05) is 31.1 Å². The molecular weight excluding hydrogens is 332 g/mol. The van der Waals surface area contributed by atoms with Gasteiger partial charge in [-0.05, 0) is 31.4 Å². The Balaban J connectivity index is 1.44. The van der Waals surface area contributed by atoms with Crippen LogP contribution in [0.25, 0.3) is 11.7 Å². The molecule has 7 heteroatoms. The van der Waals surface area contributed by atoms with E-state index in [1.807, 2.05) is 9.80 Å². The Morgan fingerprint density at radius 1 is 1.27 bits per heavy atom. The van der Waals surface area contributed by atoms with Crippen LogP contribution in [0.3, 0.4) is 0 Å². The molecule has 26 heavy (non-hydrogen) atoms. The number of carbonyl (C=O) groups is 1. The van der Waals surface area contributed by atoms with Crippen molar-refractivity contribution in [3.05, 3.63) is 36.2 Å². The van der Waals surface area contributed by atoms with Gasteiger partial charge in [-0.1, -0.05) is 12.2 Å². The molecule has 1 aliphatic carbocycles. The molecular formula is C19H20N4O3. The quantitative estimate of drug-likeness (QED) is 0.790. The second kappa shape index (κ2) is 7.08. The number of nitrogens with zero attached hydrogens (tertiary/aromatic N) is 4. The number of hydrogen-bond donors (Lipinski definition) is 0. The number of hydrogen-bond acceptors (Lipinski definition) is 6. The first-order valence-corrected chi connectivity index (χ1v) is 8.90. The summed E-state index contributed by atoms with van der Waals surface area (Å²) >= 11 is 0. The topological polar surface area (TPSA) is 86.5 Å². The second-order valence-electron chi connectivity index (χ2n) is 6.56. The van der Waals surface area contributed by atoms with Crippen molar-refractivity contribution >= 4 is 11.8 Å². The van der Waals surface area contributed by atoms with Gasteiger partial charge in [-0.25, -0.2) is 0 Å². The molecule has 0 spiro atoms. The maximum absolute atomic E-state index is 12.7. The fraction of sp³-hybridized carbons (Fsp3) is 0.421. The van der Waals surface area contributed by atoms with Crippen LogP contribution in [-0.2, 0) is 4.79 Å². The van der Waals surface area contributed by atoms with Crippen LogP contribution in [0, 0.1) is 17.2 Å². The number of oxazole rings is 1. The molecule has 2 aromatic heterocycles. The lowest BCUT2D eigenvalue weighted by atomic mass is 9.93. The standard InChI is InChI=1S/C19H20N4O3/c20-13-15-19(26-17(21-15)16-7-4-12-25-16)23-10-8-22(9-11-23)18(24)14-5-2-1-3-6-14/h1-2,4,7,12,14H,3,5-6,8-11H2. The number of nitriles is 1. The van der Waals surface area contributed by atoms with Crippen LogP contribution in [-0.4, -0.2) is 42.0 Å². The summed E-state index contributed by atoms with van der Waals surface area (Å²) in [6.07, 6.45) is 8.54. The molecule has 1 fully saturated rings. The molecule has 4 rings (SSSR count). The molecule has 2 aromatic rings. The summed E-state index contributed by atoms with van der Waals surface area (Å²) in [5, 5.41) is 9.37.